The number of aromatic nitrogens is 3. The van der Waals surface area contributed by atoms with E-state index in [9.17, 15) is 0 Å². The Morgan fingerprint density at radius 1 is 1.18 bits per heavy atom. The van der Waals surface area contributed by atoms with Gasteiger partial charge in [-0.1, -0.05) is 5.73 Å². The van der Waals surface area contributed by atoms with Gasteiger partial charge in [0.1, 0.15) is 5.70 Å². The largest absolute Gasteiger partial charge is 0.378 e. The third-order valence-corrected chi connectivity index (χ3v) is 2.72. The summed E-state index contributed by atoms with van der Waals surface area (Å²) in [4.78, 5) is 3.81. The van der Waals surface area contributed by atoms with Gasteiger partial charge in [-0.2, -0.15) is 10.2 Å². The second-order valence-corrected chi connectivity index (χ2v) is 3.79. The molecule has 1 aliphatic heterocycles. The molecular formula is C12H12N4O. The van der Waals surface area contributed by atoms with Crippen LogP contribution in [-0.2, 0) is 4.74 Å². The molecule has 1 aromatic rings. The Morgan fingerprint density at radius 2 is 1.94 bits per heavy atom. The molecule has 0 atom stereocenters. The van der Waals surface area contributed by atoms with Crippen LogP contribution in [0, 0.1) is 0 Å². The van der Waals surface area contributed by atoms with Gasteiger partial charge in [-0.3, -0.25) is 0 Å². The third-order valence-electron chi connectivity index (χ3n) is 2.72. The van der Waals surface area contributed by atoms with Gasteiger partial charge in [-0.05, 0) is 11.8 Å². The molecule has 17 heavy (non-hydrogen) atoms. The van der Waals surface area contributed by atoms with Crippen molar-refractivity contribution in [3.8, 4) is 0 Å². The zero-order chi connectivity index (χ0) is 11.5. The van der Waals surface area contributed by atoms with E-state index in [0.29, 0.717) is 0 Å². The van der Waals surface area contributed by atoms with E-state index in [4.69, 9.17) is 4.74 Å². The molecule has 1 saturated heterocycles. The van der Waals surface area contributed by atoms with Crippen LogP contribution in [0.4, 0.5) is 0 Å². The Balaban J connectivity index is 1.86. The first kappa shape index (κ1) is 10.1. The second kappa shape index (κ2) is 4.44. The molecule has 1 aromatic heterocycles. The van der Waals surface area contributed by atoms with Gasteiger partial charge in [0.05, 0.1) is 25.6 Å². The maximum atomic E-state index is 5.33. The minimum Gasteiger partial charge on any atom is -0.378 e. The molecule has 2 aliphatic rings. The number of morpholine rings is 1. The summed E-state index contributed by atoms with van der Waals surface area (Å²) < 4.78 is 5.33. The fraction of sp³-hybridized carbons (Fsp3) is 0.333. The summed E-state index contributed by atoms with van der Waals surface area (Å²) in [5, 5.41) is 8.17. The second-order valence-electron chi connectivity index (χ2n) is 3.79. The predicted octanol–water partition coefficient (Wildman–Crippen LogP) is 0.659. The SMILES string of the molecule is C1=C=C(n2nccn2)C=C(N2CCOCC2)C=1. The van der Waals surface area contributed by atoms with E-state index in [0.717, 1.165) is 37.7 Å². The van der Waals surface area contributed by atoms with E-state index >= 15 is 0 Å². The topological polar surface area (TPSA) is 43.2 Å². The average molecular weight is 228 g/mol. The van der Waals surface area contributed by atoms with E-state index in [1.807, 2.05) is 12.2 Å². The Hall–Kier alpha value is -2.06. The van der Waals surface area contributed by atoms with Gasteiger partial charge >= 0.3 is 0 Å². The molecule has 0 aromatic carbocycles. The lowest BCUT2D eigenvalue weighted by molar-refractivity contribution is 0.0554. The molecule has 1 fully saturated rings. The maximum absolute atomic E-state index is 5.33. The van der Waals surface area contributed by atoms with Gasteiger partial charge in [-0.25, -0.2) is 0 Å². The summed E-state index contributed by atoms with van der Waals surface area (Å²) in [6.07, 6.45) is 7.24. The zero-order valence-corrected chi connectivity index (χ0v) is 9.33. The predicted molar refractivity (Wildman–Crippen MR) is 61.8 cm³/mol. The number of nitrogens with zero attached hydrogens (tertiary/aromatic N) is 4. The van der Waals surface area contributed by atoms with Gasteiger partial charge in [0.2, 0.25) is 0 Å². The summed E-state index contributed by atoms with van der Waals surface area (Å²) in [5.41, 5.74) is 7.93. The highest BCUT2D eigenvalue weighted by Crippen LogP contribution is 2.15. The van der Waals surface area contributed by atoms with Crippen molar-refractivity contribution < 1.29 is 4.74 Å². The number of allylic oxidation sites excluding steroid dienone is 3. The lowest BCUT2D eigenvalue weighted by Gasteiger charge is -2.29. The molecule has 1 aliphatic carbocycles. The monoisotopic (exact) mass is 228 g/mol. The van der Waals surface area contributed by atoms with Crippen molar-refractivity contribution in [2.45, 2.75) is 0 Å². The third kappa shape index (κ3) is 2.08. The van der Waals surface area contributed by atoms with E-state index in [1.54, 1.807) is 17.2 Å². The Kier molecular flexibility index (Phi) is 2.64. The molecule has 0 spiro atoms. The van der Waals surface area contributed by atoms with Crippen molar-refractivity contribution in [1.29, 1.82) is 0 Å². The van der Waals surface area contributed by atoms with Crippen LogP contribution in [0.15, 0.2) is 41.7 Å². The fourth-order valence-corrected chi connectivity index (χ4v) is 1.85. The molecule has 0 bridgehead atoms. The van der Waals surface area contributed by atoms with Crippen LogP contribution in [-0.4, -0.2) is 46.2 Å². The molecular weight excluding hydrogens is 216 g/mol. The van der Waals surface area contributed by atoms with Crippen LogP contribution in [0.25, 0.3) is 5.70 Å². The summed E-state index contributed by atoms with van der Waals surface area (Å²) in [6.45, 7) is 3.36. The lowest BCUT2D eigenvalue weighted by atomic mass is 10.2. The minimum absolute atomic E-state index is 0.772. The van der Waals surface area contributed by atoms with Crippen molar-refractivity contribution in [2.24, 2.45) is 0 Å². The molecule has 0 radical (unpaired) electrons. The van der Waals surface area contributed by atoms with E-state index in [2.05, 4.69) is 26.6 Å². The van der Waals surface area contributed by atoms with Crippen LogP contribution >= 0.6 is 0 Å². The first-order valence-electron chi connectivity index (χ1n) is 5.56. The highest BCUT2D eigenvalue weighted by atomic mass is 16.5. The fourth-order valence-electron chi connectivity index (χ4n) is 1.85. The van der Waals surface area contributed by atoms with Gasteiger partial charge < -0.3 is 9.64 Å². The van der Waals surface area contributed by atoms with Crippen LogP contribution in [0.3, 0.4) is 0 Å². The maximum Gasteiger partial charge on any atom is 0.138 e. The Morgan fingerprint density at radius 3 is 2.71 bits per heavy atom. The highest BCUT2D eigenvalue weighted by molar-refractivity contribution is 5.58. The molecule has 86 valence electrons. The lowest BCUT2D eigenvalue weighted by Crippen LogP contribution is -2.35. The Labute approximate surface area is 99.0 Å². The molecule has 2 heterocycles. The van der Waals surface area contributed by atoms with Gasteiger partial charge in [0.25, 0.3) is 0 Å². The van der Waals surface area contributed by atoms with Crippen LogP contribution in [0.2, 0.25) is 0 Å². The first-order chi connectivity index (χ1) is 8.43. The van der Waals surface area contributed by atoms with Gasteiger partial charge in [0, 0.05) is 24.9 Å². The van der Waals surface area contributed by atoms with Gasteiger partial charge in [0.15, 0.2) is 0 Å². The van der Waals surface area contributed by atoms with Crippen LogP contribution in [0.5, 0.6) is 0 Å². The first-order valence-corrected chi connectivity index (χ1v) is 5.56. The molecule has 5 nitrogen and oxygen atoms in total. The summed E-state index contributed by atoms with van der Waals surface area (Å²) in [6, 6.07) is 0. The molecule has 0 amide bonds. The van der Waals surface area contributed by atoms with Crippen molar-refractivity contribution in [3.63, 3.8) is 0 Å². The van der Waals surface area contributed by atoms with Crippen LogP contribution < -0.4 is 0 Å². The molecule has 3 rings (SSSR count). The van der Waals surface area contributed by atoms with Crippen molar-refractivity contribution in [2.75, 3.05) is 26.3 Å². The van der Waals surface area contributed by atoms with Crippen molar-refractivity contribution in [1.82, 2.24) is 19.9 Å². The average Bonchev–Trinajstić information content (AvgIpc) is 2.94. The summed E-state index contributed by atoms with van der Waals surface area (Å²) in [5.74, 6) is 0. The van der Waals surface area contributed by atoms with E-state index < -0.39 is 0 Å². The zero-order valence-electron chi connectivity index (χ0n) is 9.33. The van der Waals surface area contributed by atoms with Crippen molar-refractivity contribution in [3.05, 3.63) is 41.7 Å². The highest BCUT2D eigenvalue weighted by Gasteiger charge is 2.13. The standard InChI is InChI=1S/C12H12N4O/c1-2-11(15-6-8-17-9-7-15)10-12(3-1)16-13-4-5-14-16/h2,4-5,10H,6-9H2. The summed E-state index contributed by atoms with van der Waals surface area (Å²) in [7, 11) is 0. The van der Waals surface area contributed by atoms with Gasteiger partial charge in [-0.15, -0.1) is 4.80 Å². The van der Waals surface area contributed by atoms with E-state index in [1.165, 1.54) is 0 Å². The normalized spacial score (nSPS) is 19.2. The summed E-state index contributed by atoms with van der Waals surface area (Å²) >= 11 is 0. The molecule has 5 heteroatoms. The smallest absolute Gasteiger partial charge is 0.138 e. The number of hydrogen-bond acceptors (Lipinski definition) is 4. The number of ether oxygens (including phenoxy) is 1. The minimum atomic E-state index is 0.772. The van der Waals surface area contributed by atoms with E-state index in [-0.39, 0.29) is 0 Å². The molecule has 0 unspecified atom stereocenters. The van der Waals surface area contributed by atoms with Crippen LogP contribution in [0.1, 0.15) is 0 Å². The molecule has 0 saturated carbocycles. The van der Waals surface area contributed by atoms with Crippen molar-refractivity contribution >= 4 is 5.70 Å². The Bertz CT molecular complexity index is 525. The molecule has 0 N–H and O–H groups in total. The number of hydrogen-bond donors (Lipinski definition) is 0. The quantitative estimate of drug-likeness (QED) is 0.697. The number of rotatable bonds is 2.